The normalized spacial score (nSPS) is 17.7. The summed E-state index contributed by atoms with van der Waals surface area (Å²) >= 11 is 0. The third kappa shape index (κ3) is 6.24. The molecule has 2 N–H and O–H groups in total. The summed E-state index contributed by atoms with van der Waals surface area (Å²) in [6.45, 7) is 3.22. The van der Waals surface area contributed by atoms with E-state index in [4.69, 9.17) is 9.94 Å². The lowest BCUT2D eigenvalue weighted by molar-refractivity contribution is -0.139. The number of hydrogen-bond donors (Lipinski definition) is 2. The van der Waals surface area contributed by atoms with Crippen LogP contribution in [0.1, 0.15) is 24.0 Å². The van der Waals surface area contributed by atoms with Crippen LogP contribution in [0.2, 0.25) is 0 Å². The van der Waals surface area contributed by atoms with E-state index < -0.39 is 0 Å². The first kappa shape index (κ1) is 19.1. The lowest BCUT2D eigenvalue weighted by Crippen LogP contribution is -2.37. The zero-order valence-electron chi connectivity index (χ0n) is 15.4. The molecule has 1 aliphatic rings. The number of rotatable bonds is 7. The van der Waals surface area contributed by atoms with Gasteiger partial charge in [0.1, 0.15) is 0 Å². The van der Waals surface area contributed by atoms with Crippen molar-refractivity contribution in [3.8, 4) is 0 Å². The molecule has 2 aromatic carbocycles. The van der Waals surface area contributed by atoms with E-state index in [0.29, 0.717) is 18.2 Å². The number of anilines is 1. The topological polar surface area (TPSA) is 61.8 Å². The average molecular weight is 366 g/mol. The molecule has 0 saturated carbocycles. The number of piperidine rings is 1. The Morgan fingerprint density at radius 3 is 2.89 bits per heavy atom. The zero-order valence-corrected chi connectivity index (χ0v) is 15.4. The molecule has 1 unspecified atom stereocenters. The van der Waals surface area contributed by atoms with Crippen LogP contribution in [-0.2, 0) is 16.1 Å². The third-order valence-corrected chi connectivity index (χ3v) is 4.74. The summed E-state index contributed by atoms with van der Waals surface area (Å²) in [6, 6.07) is 17.5. The molecule has 2 aromatic rings. The zero-order chi connectivity index (χ0) is 18.9. The molecule has 1 saturated heterocycles. The molecule has 142 valence electrons. The second kappa shape index (κ2) is 9.90. The van der Waals surface area contributed by atoms with Gasteiger partial charge in [-0.1, -0.05) is 42.5 Å². The van der Waals surface area contributed by atoms with Crippen molar-refractivity contribution in [3.05, 3.63) is 71.8 Å². The van der Waals surface area contributed by atoms with Gasteiger partial charge in [-0.3, -0.25) is 15.6 Å². The van der Waals surface area contributed by atoms with Crippen LogP contribution in [0.15, 0.2) is 60.7 Å². The van der Waals surface area contributed by atoms with Crippen molar-refractivity contribution in [2.45, 2.75) is 19.4 Å². The predicted molar refractivity (Wildman–Crippen MR) is 106 cm³/mol. The fourth-order valence-corrected chi connectivity index (χ4v) is 3.40. The molecule has 5 heteroatoms. The van der Waals surface area contributed by atoms with Gasteiger partial charge in [0.15, 0.2) is 0 Å². The van der Waals surface area contributed by atoms with Crippen molar-refractivity contribution in [2.24, 2.45) is 5.92 Å². The number of nitrogens with zero attached hydrogens (tertiary/aromatic N) is 1. The van der Waals surface area contributed by atoms with Crippen LogP contribution >= 0.6 is 0 Å². The van der Waals surface area contributed by atoms with Gasteiger partial charge in [-0.15, -0.1) is 0 Å². The van der Waals surface area contributed by atoms with Gasteiger partial charge in [0.2, 0.25) is 0 Å². The maximum Gasteiger partial charge on any atom is 0.330 e. The largest absolute Gasteiger partial charge is 0.462 e. The van der Waals surface area contributed by atoms with E-state index in [2.05, 4.69) is 16.4 Å². The molecule has 0 aromatic heterocycles. The highest BCUT2D eigenvalue weighted by atomic mass is 16.5. The molecular formula is C22H26N2O3. The number of nitrogens with one attached hydrogen (secondary N) is 1. The van der Waals surface area contributed by atoms with Crippen molar-refractivity contribution in [1.29, 1.82) is 0 Å². The van der Waals surface area contributed by atoms with Crippen LogP contribution in [-0.4, -0.2) is 35.8 Å². The first-order valence-corrected chi connectivity index (χ1v) is 9.34. The van der Waals surface area contributed by atoms with Crippen molar-refractivity contribution in [2.75, 3.05) is 25.2 Å². The fraction of sp³-hybridized carbons (Fsp3) is 0.318. The highest BCUT2D eigenvalue weighted by Crippen LogP contribution is 2.20. The van der Waals surface area contributed by atoms with Crippen LogP contribution < -0.4 is 5.48 Å². The summed E-state index contributed by atoms with van der Waals surface area (Å²) in [5.41, 5.74) is 5.02. The minimum Gasteiger partial charge on any atom is -0.462 e. The van der Waals surface area contributed by atoms with Gasteiger partial charge in [0, 0.05) is 25.1 Å². The first-order valence-electron chi connectivity index (χ1n) is 9.34. The maximum absolute atomic E-state index is 11.9. The van der Waals surface area contributed by atoms with E-state index in [1.54, 1.807) is 6.08 Å². The van der Waals surface area contributed by atoms with Gasteiger partial charge < -0.3 is 4.74 Å². The number of esters is 1. The molecule has 0 radical (unpaired) electrons. The van der Waals surface area contributed by atoms with Gasteiger partial charge in [0.05, 0.1) is 12.3 Å². The number of carbonyl (C=O) groups excluding carboxylic acids is 1. The number of likely N-dealkylation sites (tertiary alicyclic amines) is 1. The SMILES string of the molecule is O=C(C=Cc1ccccc1)OCC1CCCN(Cc2cccc(NO)c2)C1. The van der Waals surface area contributed by atoms with Crippen LogP contribution in [0.4, 0.5) is 5.69 Å². The smallest absolute Gasteiger partial charge is 0.330 e. The van der Waals surface area contributed by atoms with E-state index >= 15 is 0 Å². The molecule has 1 aliphatic heterocycles. The van der Waals surface area contributed by atoms with E-state index in [-0.39, 0.29) is 5.97 Å². The highest BCUT2D eigenvalue weighted by Gasteiger charge is 2.21. The number of benzene rings is 2. The van der Waals surface area contributed by atoms with Crippen LogP contribution in [0.5, 0.6) is 0 Å². The van der Waals surface area contributed by atoms with E-state index in [1.165, 1.54) is 6.08 Å². The molecule has 27 heavy (non-hydrogen) atoms. The minimum atomic E-state index is -0.294. The van der Waals surface area contributed by atoms with Gasteiger partial charge in [0.25, 0.3) is 0 Å². The number of carbonyl (C=O) groups is 1. The van der Waals surface area contributed by atoms with Crippen molar-refractivity contribution in [1.82, 2.24) is 4.90 Å². The van der Waals surface area contributed by atoms with E-state index in [9.17, 15) is 4.79 Å². The Morgan fingerprint density at radius 2 is 2.07 bits per heavy atom. The van der Waals surface area contributed by atoms with Gasteiger partial charge >= 0.3 is 5.97 Å². The van der Waals surface area contributed by atoms with E-state index in [1.807, 2.05) is 48.5 Å². The summed E-state index contributed by atoms with van der Waals surface area (Å²) in [7, 11) is 0. The Balaban J connectivity index is 1.45. The summed E-state index contributed by atoms with van der Waals surface area (Å²) in [6.07, 6.45) is 5.44. The van der Waals surface area contributed by atoms with Gasteiger partial charge in [-0.2, -0.15) is 0 Å². The standard InChI is InChI=1S/C22H26N2O3/c25-22(12-11-18-6-2-1-3-7-18)27-17-20-9-5-13-24(16-20)15-19-8-4-10-21(14-19)23-26/h1-4,6-8,10-12,14,20,23,26H,5,9,13,15-17H2. The molecule has 0 bridgehead atoms. The predicted octanol–water partition coefficient (Wildman–Crippen LogP) is 3.96. The van der Waals surface area contributed by atoms with Crippen molar-refractivity contribution < 1.29 is 14.7 Å². The van der Waals surface area contributed by atoms with Gasteiger partial charge in [-0.05, 0) is 48.7 Å². The van der Waals surface area contributed by atoms with Crippen LogP contribution in [0, 0.1) is 5.92 Å². The summed E-state index contributed by atoms with van der Waals surface area (Å²) in [4.78, 5) is 14.3. The monoisotopic (exact) mass is 366 g/mol. The number of hydrogen-bond acceptors (Lipinski definition) is 5. The second-order valence-corrected chi connectivity index (χ2v) is 6.93. The molecule has 5 nitrogen and oxygen atoms in total. The molecule has 0 amide bonds. The molecule has 1 fully saturated rings. The summed E-state index contributed by atoms with van der Waals surface area (Å²) in [5.74, 6) is 0.0599. The maximum atomic E-state index is 11.9. The Morgan fingerprint density at radius 1 is 1.22 bits per heavy atom. The molecule has 0 spiro atoms. The summed E-state index contributed by atoms with van der Waals surface area (Å²) < 4.78 is 5.44. The molecule has 1 atom stereocenters. The third-order valence-electron chi connectivity index (χ3n) is 4.74. The first-order chi connectivity index (χ1) is 13.2. The Labute approximate surface area is 160 Å². The van der Waals surface area contributed by atoms with Crippen LogP contribution in [0.25, 0.3) is 6.08 Å². The van der Waals surface area contributed by atoms with Crippen molar-refractivity contribution in [3.63, 3.8) is 0 Å². The minimum absolute atomic E-state index is 0.294. The fourth-order valence-electron chi connectivity index (χ4n) is 3.40. The average Bonchev–Trinajstić information content (AvgIpc) is 2.72. The molecular weight excluding hydrogens is 340 g/mol. The van der Waals surface area contributed by atoms with Crippen LogP contribution in [0.3, 0.4) is 0 Å². The lowest BCUT2D eigenvalue weighted by atomic mass is 9.98. The van der Waals surface area contributed by atoms with Gasteiger partial charge in [-0.25, -0.2) is 4.79 Å². The Kier molecular flexibility index (Phi) is 7.02. The lowest BCUT2D eigenvalue weighted by Gasteiger charge is -2.32. The van der Waals surface area contributed by atoms with Crippen molar-refractivity contribution >= 4 is 17.7 Å². The quantitative estimate of drug-likeness (QED) is 0.441. The Hall–Kier alpha value is -2.63. The number of ether oxygens (including phenoxy) is 1. The highest BCUT2D eigenvalue weighted by molar-refractivity contribution is 5.87. The summed E-state index contributed by atoms with van der Waals surface area (Å²) in [5, 5.41) is 9.03. The molecule has 3 rings (SSSR count). The Bertz CT molecular complexity index is 761. The molecule has 0 aliphatic carbocycles. The van der Waals surface area contributed by atoms with E-state index in [0.717, 1.165) is 43.6 Å². The molecule has 1 heterocycles. The second-order valence-electron chi connectivity index (χ2n) is 6.93.